The summed E-state index contributed by atoms with van der Waals surface area (Å²) in [6.07, 6.45) is 2.41. The highest BCUT2D eigenvalue weighted by Crippen LogP contribution is 2.34. The summed E-state index contributed by atoms with van der Waals surface area (Å²) in [5.41, 5.74) is 4.94. The molecule has 0 bridgehead atoms. The van der Waals surface area contributed by atoms with Crippen molar-refractivity contribution >= 4 is 23.2 Å². The summed E-state index contributed by atoms with van der Waals surface area (Å²) >= 11 is 0. The van der Waals surface area contributed by atoms with E-state index < -0.39 is 0 Å². The van der Waals surface area contributed by atoms with Crippen molar-refractivity contribution < 1.29 is 0 Å². The Morgan fingerprint density at radius 3 is 2.40 bits per heavy atom. The van der Waals surface area contributed by atoms with Gasteiger partial charge in [0.15, 0.2) is 0 Å². The molecule has 0 spiro atoms. The number of likely N-dealkylation sites (tertiary alicyclic amines) is 1. The molecule has 3 heteroatoms. The van der Waals surface area contributed by atoms with Gasteiger partial charge in [-0.3, -0.25) is 4.98 Å². The number of pyridine rings is 1. The third-order valence-electron chi connectivity index (χ3n) is 5.30. The number of aromatic nitrogens is 1. The van der Waals surface area contributed by atoms with Crippen LogP contribution < -0.4 is 0 Å². The SMILES string of the molecule is Cc1ccccc1-c1nc(C2CCN(C)CC2)cc2ccccc12.Cl. The standard InChI is InChI=1S/C22H24N2.ClH/c1-16-7-3-5-9-19(16)22-20-10-6-4-8-18(20)15-21(23-22)17-11-13-24(2)14-12-17;/h3-10,15,17H,11-14H2,1-2H3;1H. The molecule has 0 atom stereocenters. The largest absolute Gasteiger partial charge is 0.306 e. The number of benzene rings is 2. The van der Waals surface area contributed by atoms with Crippen molar-refractivity contribution in [3.8, 4) is 11.3 Å². The Balaban J connectivity index is 0.00000182. The quantitative estimate of drug-likeness (QED) is 0.610. The van der Waals surface area contributed by atoms with Gasteiger partial charge in [-0.15, -0.1) is 12.4 Å². The summed E-state index contributed by atoms with van der Waals surface area (Å²) in [4.78, 5) is 7.58. The number of rotatable bonds is 2. The average Bonchev–Trinajstić information content (AvgIpc) is 2.62. The molecule has 3 aromatic rings. The molecular formula is C22H25ClN2. The molecule has 0 unspecified atom stereocenters. The lowest BCUT2D eigenvalue weighted by Gasteiger charge is -2.29. The van der Waals surface area contributed by atoms with Gasteiger partial charge in [0.25, 0.3) is 0 Å². The second kappa shape index (κ2) is 7.55. The van der Waals surface area contributed by atoms with Crippen molar-refractivity contribution in [3.05, 3.63) is 65.9 Å². The van der Waals surface area contributed by atoms with Gasteiger partial charge in [0.05, 0.1) is 5.69 Å². The fourth-order valence-electron chi connectivity index (χ4n) is 3.78. The summed E-state index contributed by atoms with van der Waals surface area (Å²) in [5.74, 6) is 0.577. The second-order valence-electron chi connectivity index (χ2n) is 7.01. The van der Waals surface area contributed by atoms with Crippen LogP contribution in [0.15, 0.2) is 54.6 Å². The predicted octanol–water partition coefficient (Wildman–Crippen LogP) is 5.44. The molecule has 1 aromatic heterocycles. The Kier molecular flexibility index (Phi) is 5.41. The normalized spacial score (nSPS) is 15.9. The number of piperidine rings is 1. The highest BCUT2D eigenvalue weighted by atomic mass is 35.5. The Morgan fingerprint density at radius 1 is 0.960 bits per heavy atom. The van der Waals surface area contributed by atoms with Crippen LogP contribution in [0.25, 0.3) is 22.0 Å². The minimum absolute atomic E-state index is 0. The second-order valence-corrected chi connectivity index (χ2v) is 7.01. The molecular weight excluding hydrogens is 328 g/mol. The van der Waals surface area contributed by atoms with E-state index in [1.54, 1.807) is 0 Å². The molecule has 0 N–H and O–H groups in total. The van der Waals surface area contributed by atoms with E-state index in [-0.39, 0.29) is 12.4 Å². The molecule has 1 saturated heterocycles. The van der Waals surface area contributed by atoms with Gasteiger partial charge in [0, 0.05) is 22.6 Å². The first-order valence-corrected chi connectivity index (χ1v) is 8.86. The smallest absolute Gasteiger partial charge is 0.0786 e. The van der Waals surface area contributed by atoms with E-state index >= 15 is 0 Å². The molecule has 2 aromatic carbocycles. The van der Waals surface area contributed by atoms with Crippen LogP contribution in [0, 0.1) is 6.92 Å². The van der Waals surface area contributed by atoms with Crippen LogP contribution in [-0.4, -0.2) is 30.0 Å². The third kappa shape index (κ3) is 3.56. The van der Waals surface area contributed by atoms with E-state index in [0.717, 1.165) is 5.69 Å². The molecule has 1 aliphatic heterocycles. The van der Waals surface area contributed by atoms with Crippen LogP contribution in [0.5, 0.6) is 0 Å². The number of halogens is 1. The minimum Gasteiger partial charge on any atom is -0.306 e. The van der Waals surface area contributed by atoms with E-state index in [9.17, 15) is 0 Å². The van der Waals surface area contributed by atoms with Crippen molar-refractivity contribution in [1.29, 1.82) is 0 Å². The maximum absolute atomic E-state index is 5.16. The molecule has 2 nitrogen and oxygen atoms in total. The maximum atomic E-state index is 5.16. The first-order valence-electron chi connectivity index (χ1n) is 8.86. The fraction of sp³-hybridized carbons (Fsp3) is 0.318. The lowest BCUT2D eigenvalue weighted by atomic mass is 9.91. The third-order valence-corrected chi connectivity index (χ3v) is 5.30. The molecule has 2 heterocycles. The lowest BCUT2D eigenvalue weighted by Crippen LogP contribution is -2.29. The monoisotopic (exact) mass is 352 g/mol. The van der Waals surface area contributed by atoms with E-state index in [1.807, 2.05) is 0 Å². The van der Waals surface area contributed by atoms with Crippen LogP contribution in [0.2, 0.25) is 0 Å². The zero-order chi connectivity index (χ0) is 16.5. The summed E-state index contributed by atoms with van der Waals surface area (Å²) in [6.45, 7) is 4.51. The van der Waals surface area contributed by atoms with E-state index in [0.29, 0.717) is 5.92 Å². The zero-order valence-corrected chi connectivity index (χ0v) is 15.7. The van der Waals surface area contributed by atoms with Gasteiger partial charge in [0.1, 0.15) is 0 Å². The molecule has 0 amide bonds. The van der Waals surface area contributed by atoms with Crippen LogP contribution in [-0.2, 0) is 0 Å². The molecule has 0 saturated carbocycles. The van der Waals surface area contributed by atoms with Crippen LogP contribution in [0.4, 0.5) is 0 Å². The van der Waals surface area contributed by atoms with Crippen LogP contribution in [0.3, 0.4) is 0 Å². The summed E-state index contributed by atoms with van der Waals surface area (Å²) in [6, 6.07) is 19.6. The topological polar surface area (TPSA) is 16.1 Å². The van der Waals surface area contributed by atoms with Gasteiger partial charge in [0.2, 0.25) is 0 Å². The van der Waals surface area contributed by atoms with E-state index in [2.05, 4.69) is 73.5 Å². The summed E-state index contributed by atoms with van der Waals surface area (Å²) in [7, 11) is 2.21. The molecule has 4 rings (SSSR count). The Morgan fingerprint density at radius 2 is 1.64 bits per heavy atom. The molecule has 130 valence electrons. The number of nitrogens with zero attached hydrogens (tertiary/aromatic N) is 2. The molecule has 1 fully saturated rings. The first-order chi connectivity index (χ1) is 11.7. The predicted molar refractivity (Wildman–Crippen MR) is 109 cm³/mol. The molecule has 25 heavy (non-hydrogen) atoms. The summed E-state index contributed by atoms with van der Waals surface area (Å²) < 4.78 is 0. The van der Waals surface area contributed by atoms with Gasteiger partial charge in [-0.25, -0.2) is 0 Å². The molecule has 0 aliphatic carbocycles. The van der Waals surface area contributed by atoms with E-state index in [4.69, 9.17) is 4.98 Å². The van der Waals surface area contributed by atoms with Gasteiger partial charge < -0.3 is 4.90 Å². The van der Waals surface area contributed by atoms with Crippen LogP contribution >= 0.6 is 12.4 Å². The summed E-state index contributed by atoms with van der Waals surface area (Å²) in [5, 5.41) is 2.56. The molecule has 1 aliphatic rings. The van der Waals surface area contributed by atoms with Crippen molar-refractivity contribution in [2.24, 2.45) is 0 Å². The van der Waals surface area contributed by atoms with E-state index in [1.165, 1.54) is 53.5 Å². The van der Waals surface area contributed by atoms with Crippen molar-refractivity contribution in [1.82, 2.24) is 9.88 Å². The lowest BCUT2D eigenvalue weighted by molar-refractivity contribution is 0.253. The number of hydrogen-bond donors (Lipinski definition) is 0. The highest BCUT2D eigenvalue weighted by Gasteiger charge is 2.21. The first kappa shape index (κ1) is 17.9. The number of hydrogen-bond acceptors (Lipinski definition) is 2. The highest BCUT2D eigenvalue weighted by molar-refractivity contribution is 5.95. The zero-order valence-electron chi connectivity index (χ0n) is 14.9. The Labute approximate surface area is 156 Å². The van der Waals surface area contributed by atoms with Gasteiger partial charge >= 0.3 is 0 Å². The molecule has 0 radical (unpaired) electrons. The average molecular weight is 353 g/mol. The Hall–Kier alpha value is -1.90. The fourth-order valence-corrected chi connectivity index (χ4v) is 3.78. The van der Waals surface area contributed by atoms with Crippen molar-refractivity contribution in [2.45, 2.75) is 25.7 Å². The van der Waals surface area contributed by atoms with Gasteiger partial charge in [-0.05, 0) is 56.9 Å². The van der Waals surface area contributed by atoms with Crippen molar-refractivity contribution in [3.63, 3.8) is 0 Å². The Bertz CT molecular complexity index is 867. The minimum atomic E-state index is 0. The number of aryl methyl sites for hydroxylation is 1. The van der Waals surface area contributed by atoms with Gasteiger partial charge in [-0.1, -0.05) is 48.5 Å². The number of fused-ring (bicyclic) bond motifs is 1. The van der Waals surface area contributed by atoms with Gasteiger partial charge in [-0.2, -0.15) is 0 Å². The van der Waals surface area contributed by atoms with Crippen LogP contribution in [0.1, 0.15) is 30.0 Å². The maximum Gasteiger partial charge on any atom is 0.0786 e. The van der Waals surface area contributed by atoms with Crippen molar-refractivity contribution in [2.75, 3.05) is 20.1 Å².